The third-order valence-corrected chi connectivity index (χ3v) is 4.76. The number of ether oxygens (including phenoxy) is 1. The van der Waals surface area contributed by atoms with Crippen LogP contribution in [-0.4, -0.2) is 23.2 Å². The van der Waals surface area contributed by atoms with Gasteiger partial charge in [0, 0.05) is 0 Å². The van der Waals surface area contributed by atoms with Gasteiger partial charge in [0.15, 0.2) is 0 Å². The number of hydrogen-bond donors (Lipinski definition) is 0. The second-order valence-corrected chi connectivity index (χ2v) is 6.31. The number of anilines is 1. The third kappa shape index (κ3) is 3.18. The molecule has 27 heavy (non-hydrogen) atoms. The van der Waals surface area contributed by atoms with Gasteiger partial charge in [0.25, 0.3) is 0 Å². The van der Waals surface area contributed by atoms with Crippen LogP contribution in [0.3, 0.4) is 0 Å². The zero-order chi connectivity index (χ0) is 19.9. The number of nitrogens with zero attached hydrogens (tertiary/aromatic N) is 1. The van der Waals surface area contributed by atoms with Crippen molar-refractivity contribution >= 4 is 16.2 Å². The molecule has 0 bridgehead atoms. The summed E-state index contributed by atoms with van der Waals surface area (Å²) in [5.74, 6) is -12.0. The van der Waals surface area contributed by atoms with Gasteiger partial charge in [-0.15, -0.1) is 0 Å². The Bertz CT molecular complexity index is 921. The van der Waals surface area contributed by atoms with Crippen LogP contribution in [0.4, 0.5) is 27.6 Å². The van der Waals surface area contributed by atoms with Gasteiger partial charge >= 0.3 is 161 Å². The molecule has 2 aromatic rings. The molecule has 9 heteroatoms. The van der Waals surface area contributed by atoms with Gasteiger partial charge in [0.1, 0.15) is 0 Å². The summed E-state index contributed by atoms with van der Waals surface area (Å²) < 4.78 is 76.0. The number of fused-ring (bicyclic) bond motifs is 1. The van der Waals surface area contributed by atoms with E-state index in [-0.39, 0.29) is 12.2 Å². The summed E-state index contributed by atoms with van der Waals surface area (Å²) in [7, 11) is 0. The molecule has 0 spiro atoms. The van der Waals surface area contributed by atoms with Crippen LogP contribution in [-0.2, 0) is 17.9 Å². The zero-order valence-corrected chi connectivity index (χ0v) is 15.5. The van der Waals surface area contributed by atoms with E-state index in [2.05, 4.69) is 17.9 Å². The quantitative estimate of drug-likeness (QED) is 0.295. The van der Waals surface area contributed by atoms with Gasteiger partial charge in [-0.05, 0) is 0 Å². The number of carbonyl (C=O) groups is 1. The summed E-state index contributed by atoms with van der Waals surface area (Å²) in [6, 6.07) is 4.77. The molecule has 1 amide bonds. The Morgan fingerprint density at radius 2 is 1.74 bits per heavy atom. The van der Waals surface area contributed by atoms with E-state index in [1.807, 2.05) is 0 Å². The van der Waals surface area contributed by atoms with Crippen molar-refractivity contribution in [3.63, 3.8) is 0 Å². The first-order valence-corrected chi connectivity index (χ1v) is 8.87. The molecular weight excluding hydrogens is 458 g/mol. The first kappa shape index (κ1) is 19.6. The predicted octanol–water partition coefficient (Wildman–Crippen LogP) is 3.90. The van der Waals surface area contributed by atoms with Gasteiger partial charge in [-0.1, -0.05) is 0 Å². The molecule has 1 aliphatic rings. The monoisotopic (exact) mass is 471 g/mol. The van der Waals surface area contributed by atoms with Crippen molar-refractivity contribution in [1.82, 2.24) is 0 Å². The van der Waals surface area contributed by atoms with Crippen molar-refractivity contribution in [3.05, 3.63) is 58.4 Å². The van der Waals surface area contributed by atoms with Gasteiger partial charge in [0.05, 0.1) is 0 Å². The third-order valence-electron chi connectivity index (χ3n) is 4.22. The van der Waals surface area contributed by atoms with E-state index in [0.717, 1.165) is 4.90 Å². The van der Waals surface area contributed by atoms with E-state index in [9.17, 15) is 26.7 Å². The van der Waals surface area contributed by atoms with E-state index in [1.165, 1.54) is 6.07 Å². The average molecular weight is 470 g/mol. The van der Waals surface area contributed by atoms with Crippen molar-refractivity contribution < 1.29 is 49.3 Å². The van der Waals surface area contributed by atoms with Crippen LogP contribution >= 0.6 is 0 Å². The molecule has 1 heterocycles. The maximum atomic E-state index is 14.1. The van der Waals surface area contributed by atoms with E-state index >= 15 is 0 Å². The number of para-hydroxylation sites is 1. The first-order valence-electron chi connectivity index (χ1n) is 7.86. The average Bonchev–Trinajstić information content (AvgIpc) is 2.69. The predicted molar refractivity (Wildman–Crippen MR) is 84.2 cm³/mol. The Labute approximate surface area is 160 Å². The maximum absolute atomic E-state index is 14.1. The molecule has 0 fully saturated rings. The molecule has 0 saturated heterocycles. The van der Waals surface area contributed by atoms with E-state index < -0.39 is 46.7 Å². The van der Waals surface area contributed by atoms with E-state index in [1.54, 1.807) is 23.7 Å². The number of amides is 1. The van der Waals surface area contributed by atoms with Gasteiger partial charge in [-0.25, -0.2) is 0 Å². The van der Waals surface area contributed by atoms with Gasteiger partial charge in [0.2, 0.25) is 0 Å². The van der Waals surface area contributed by atoms with Crippen molar-refractivity contribution in [3.8, 4) is 5.75 Å². The standard InChI is InChI=1S/C18H12F5NO2.Ru/c1-3-9-7-24(10-6-4-5-8(2)17(10)26-9)18(25)11-12(19)14(21)16(23)15(22)13(11)20;/h2,4-6,9H,3,7H2,1H3;/q;+1. The topological polar surface area (TPSA) is 29.5 Å². The van der Waals surface area contributed by atoms with E-state index in [4.69, 9.17) is 4.74 Å². The minimum absolute atomic E-state index is 0.0940. The van der Waals surface area contributed by atoms with Crippen LogP contribution in [0, 0.1) is 29.1 Å². The van der Waals surface area contributed by atoms with E-state index in [0.29, 0.717) is 17.7 Å². The Kier molecular flexibility index (Phi) is 5.42. The van der Waals surface area contributed by atoms with Crippen LogP contribution in [0.2, 0.25) is 0 Å². The van der Waals surface area contributed by atoms with Crippen molar-refractivity contribution in [1.29, 1.82) is 0 Å². The molecule has 1 atom stereocenters. The van der Waals surface area contributed by atoms with Crippen LogP contribution in [0.25, 0.3) is 0 Å². The molecule has 2 aromatic carbocycles. The number of rotatable bonds is 3. The van der Waals surface area contributed by atoms with Crippen molar-refractivity contribution in [2.75, 3.05) is 11.4 Å². The number of carbonyl (C=O) groups excluding carboxylic acids is 1. The fourth-order valence-electron chi connectivity index (χ4n) is 2.80. The van der Waals surface area contributed by atoms with Crippen molar-refractivity contribution in [2.24, 2.45) is 0 Å². The molecular formula is C18H12F5NO2Ru+. The van der Waals surface area contributed by atoms with Crippen LogP contribution in [0.5, 0.6) is 5.75 Å². The Morgan fingerprint density at radius 3 is 2.30 bits per heavy atom. The summed E-state index contributed by atoms with van der Waals surface area (Å²) in [6.45, 7) is 1.69. The summed E-state index contributed by atoms with van der Waals surface area (Å²) in [6.07, 6.45) is -0.0394. The SMILES string of the molecule is CCC1CN(C(=O)c2c(F)c(F)c(F)c(F)c2F)c2cccc([CH]=[Ru+])c2O1. The van der Waals surface area contributed by atoms with Crippen molar-refractivity contribution in [2.45, 2.75) is 19.4 Å². The van der Waals surface area contributed by atoms with Gasteiger partial charge in [-0.2, -0.15) is 0 Å². The Balaban J connectivity index is 2.18. The fraction of sp³-hybridized carbons (Fsp3) is 0.222. The van der Waals surface area contributed by atoms with Gasteiger partial charge in [-0.3, -0.25) is 0 Å². The Hall–Kier alpha value is -2.15. The summed E-state index contributed by atoms with van der Waals surface area (Å²) >= 11 is 2.27. The summed E-state index contributed by atoms with van der Waals surface area (Å²) in [4.78, 5) is 13.8. The molecule has 0 N–H and O–H groups in total. The molecule has 0 aromatic heterocycles. The number of benzene rings is 2. The fourth-order valence-corrected chi connectivity index (χ4v) is 3.20. The molecule has 0 aliphatic carbocycles. The molecule has 3 rings (SSSR count). The Morgan fingerprint density at radius 1 is 1.15 bits per heavy atom. The molecule has 1 unspecified atom stereocenters. The summed E-state index contributed by atoms with van der Waals surface area (Å²) in [5, 5.41) is 0. The van der Waals surface area contributed by atoms with Crippen LogP contribution in [0.15, 0.2) is 18.2 Å². The minimum atomic E-state index is -2.31. The molecule has 143 valence electrons. The zero-order valence-electron chi connectivity index (χ0n) is 13.8. The normalized spacial score (nSPS) is 15.9. The number of halogens is 5. The molecule has 1 aliphatic heterocycles. The number of hydrogen-bond acceptors (Lipinski definition) is 2. The first-order chi connectivity index (χ1) is 12.8. The summed E-state index contributed by atoms with van der Waals surface area (Å²) in [5.41, 5.74) is -0.695. The molecule has 3 nitrogen and oxygen atoms in total. The van der Waals surface area contributed by atoms with Crippen LogP contribution < -0.4 is 9.64 Å². The molecule has 0 radical (unpaired) electrons. The second kappa shape index (κ2) is 7.46. The van der Waals surface area contributed by atoms with Gasteiger partial charge < -0.3 is 0 Å². The second-order valence-electron chi connectivity index (χ2n) is 5.81. The van der Waals surface area contributed by atoms with Crippen LogP contribution in [0.1, 0.15) is 29.3 Å². The molecule has 0 saturated carbocycles.